The number of anilines is 2. The zero-order valence-corrected chi connectivity index (χ0v) is 11.0. The standard InChI is InChI=1S/C13H19ClN2O/c1-8-5-11(15)10(14)6-12(8)16-4-3-13(17)9(2)7-16/h5-6,9,13,17H,3-4,7,15H2,1-2H3. The smallest absolute Gasteiger partial charge is 0.0656 e. The number of aliphatic hydroxyl groups is 1. The van der Waals surface area contributed by atoms with Gasteiger partial charge in [0.25, 0.3) is 0 Å². The third-order valence-corrected chi connectivity index (χ3v) is 3.84. The van der Waals surface area contributed by atoms with E-state index in [0.717, 1.165) is 30.8 Å². The van der Waals surface area contributed by atoms with Gasteiger partial charge in [0.05, 0.1) is 16.8 Å². The number of aliphatic hydroxyl groups excluding tert-OH is 1. The van der Waals surface area contributed by atoms with Crippen LogP contribution < -0.4 is 10.6 Å². The van der Waals surface area contributed by atoms with Crippen LogP contribution in [0.2, 0.25) is 5.02 Å². The number of nitrogens with zero attached hydrogens (tertiary/aromatic N) is 1. The molecule has 1 aliphatic heterocycles. The molecule has 1 saturated heterocycles. The van der Waals surface area contributed by atoms with Crippen molar-refractivity contribution in [2.75, 3.05) is 23.7 Å². The molecule has 1 fully saturated rings. The van der Waals surface area contributed by atoms with E-state index in [2.05, 4.69) is 11.8 Å². The molecule has 2 unspecified atom stereocenters. The van der Waals surface area contributed by atoms with Crippen LogP contribution in [0.3, 0.4) is 0 Å². The molecule has 0 saturated carbocycles. The Morgan fingerprint density at radius 1 is 1.47 bits per heavy atom. The lowest BCUT2D eigenvalue weighted by Crippen LogP contribution is -2.42. The number of halogens is 1. The van der Waals surface area contributed by atoms with Gasteiger partial charge in [-0.3, -0.25) is 0 Å². The van der Waals surface area contributed by atoms with Crippen LogP contribution in [0, 0.1) is 12.8 Å². The average molecular weight is 255 g/mol. The normalized spacial score (nSPS) is 25.1. The molecule has 17 heavy (non-hydrogen) atoms. The minimum Gasteiger partial charge on any atom is -0.398 e. The Balaban J connectivity index is 2.26. The summed E-state index contributed by atoms with van der Waals surface area (Å²) in [4.78, 5) is 2.28. The molecule has 1 aliphatic rings. The fourth-order valence-electron chi connectivity index (χ4n) is 2.39. The Morgan fingerprint density at radius 2 is 2.18 bits per heavy atom. The Labute approximate surface area is 107 Å². The highest BCUT2D eigenvalue weighted by atomic mass is 35.5. The summed E-state index contributed by atoms with van der Waals surface area (Å²) < 4.78 is 0. The maximum Gasteiger partial charge on any atom is 0.0656 e. The first-order chi connectivity index (χ1) is 7.99. The lowest BCUT2D eigenvalue weighted by molar-refractivity contribution is 0.0970. The van der Waals surface area contributed by atoms with E-state index in [1.165, 1.54) is 0 Å². The number of nitrogen functional groups attached to an aromatic ring is 1. The second-order valence-corrected chi connectivity index (χ2v) is 5.35. The van der Waals surface area contributed by atoms with Gasteiger partial charge in [0.15, 0.2) is 0 Å². The van der Waals surface area contributed by atoms with Crippen molar-refractivity contribution in [1.29, 1.82) is 0 Å². The summed E-state index contributed by atoms with van der Waals surface area (Å²) in [6, 6.07) is 3.84. The molecule has 0 aromatic heterocycles. The summed E-state index contributed by atoms with van der Waals surface area (Å²) in [6.07, 6.45) is 0.624. The average Bonchev–Trinajstić information content (AvgIpc) is 2.27. The summed E-state index contributed by atoms with van der Waals surface area (Å²) >= 11 is 6.07. The number of hydrogen-bond acceptors (Lipinski definition) is 3. The van der Waals surface area contributed by atoms with Crippen LogP contribution in [0.25, 0.3) is 0 Å². The number of rotatable bonds is 1. The number of nitrogens with two attached hydrogens (primary N) is 1. The monoisotopic (exact) mass is 254 g/mol. The Morgan fingerprint density at radius 3 is 2.82 bits per heavy atom. The van der Waals surface area contributed by atoms with E-state index in [4.69, 9.17) is 17.3 Å². The minimum absolute atomic E-state index is 0.184. The molecule has 3 N–H and O–H groups in total. The summed E-state index contributed by atoms with van der Waals surface area (Å²) in [7, 11) is 0. The van der Waals surface area contributed by atoms with Crippen LogP contribution in [0.4, 0.5) is 11.4 Å². The van der Waals surface area contributed by atoms with Crippen LogP contribution in [-0.4, -0.2) is 24.3 Å². The summed E-state index contributed by atoms with van der Waals surface area (Å²) in [5, 5.41) is 10.3. The second-order valence-electron chi connectivity index (χ2n) is 4.94. The van der Waals surface area contributed by atoms with E-state index in [9.17, 15) is 5.11 Å². The Hall–Kier alpha value is -0.930. The van der Waals surface area contributed by atoms with E-state index >= 15 is 0 Å². The SMILES string of the molecule is Cc1cc(N)c(Cl)cc1N1CCC(O)C(C)C1. The molecule has 2 rings (SSSR count). The molecule has 3 nitrogen and oxygen atoms in total. The van der Waals surface area contributed by atoms with Gasteiger partial charge in [-0.2, -0.15) is 0 Å². The summed E-state index contributed by atoms with van der Waals surface area (Å²) in [6.45, 7) is 5.84. The lowest BCUT2D eigenvalue weighted by Gasteiger charge is -2.36. The van der Waals surface area contributed by atoms with Gasteiger partial charge in [-0.1, -0.05) is 18.5 Å². The van der Waals surface area contributed by atoms with Gasteiger partial charge in [-0.05, 0) is 37.0 Å². The molecule has 0 spiro atoms. The maximum absolute atomic E-state index is 9.74. The van der Waals surface area contributed by atoms with E-state index < -0.39 is 0 Å². The Kier molecular flexibility index (Phi) is 3.50. The molecule has 0 aliphatic carbocycles. The predicted molar refractivity (Wildman–Crippen MR) is 72.6 cm³/mol. The van der Waals surface area contributed by atoms with Crippen LogP contribution in [-0.2, 0) is 0 Å². The second kappa shape index (κ2) is 4.75. The van der Waals surface area contributed by atoms with Gasteiger partial charge in [0, 0.05) is 18.8 Å². The van der Waals surface area contributed by atoms with E-state index in [1.807, 2.05) is 19.1 Å². The Bertz CT molecular complexity index is 422. The first-order valence-electron chi connectivity index (χ1n) is 5.97. The van der Waals surface area contributed by atoms with Crippen molar-refractivity contribution in [3.8, 4) is 0 Å². The maximum atomic E-state index is 9.74. The summed E-state index contributed by atoms with van der Waals surface area (Å²) in [5.74, 6) is 0.291. The van der Waals surface area contributed by atoms with Crippen LogP contribution >= 0.6 is 11.6 Å². The molecule has 2 atom stereocenters. The van der Waals surface area contributed by atoms with Gasteiger partial charge in [-0.25, -0.2) is 0 Å². The highest BCUT2D eigenvalue weighted by Gasteiger charge is 2.25. The molecule has 0 bridgehead atoms. The molecule has 0 radical (unpaired) electrons. The molecule has 94 valence electrons. The van der Waals surface area contributed by atoms with E-state index in [-0.39, 0.29) is 6.10 Å². The molecular formula is C13H19ClN2O. The molecule has 1 aromatic carbocycles. The molecule has 1 aromatic rings. The molecule has 0 amide bonds. The zero-order valence-electron chi connectivity index (χ0n) is 10.3. The van der Waals surface area contributed by atoms with Crippen molar-refractivity contribution in [2.24, 2.45) is 5.92 Å². The van der Waals surface area contributed by atoms with Gasteiger partial charge in [-0.15, -0.1) is 0 Å². The number of piperidine rings is 1. The topological polar surface area (TPSA) is 49.5 Å². The molecule has 1 heterocycles. The fraction of sp³-hybridized carbons (Fsp3) is 0.538. The molecule has 4 heteroatoms. The first kappa shape index (κ1) is 12.5. The van der Waals surface area contributed by atoms with Gasteiger partial charge in [0.1, 0.15) is 0 Å². The number of hydrogen-bond donors (Lipinski definition) is 2. The quantitative estimate of drug-likeness (QED) is 0.757. The van der Waals surface area contributed by atoms with Crippen molar-refractivity contribution in [3.63, 3.8) is 0 Å². The van der Waals surface area contributed by atoms with E-state index in [0.29, 0.717) is 16.6 Å². The predicted octanol–water partition coefficient (Wildman–Crippen LogP) is 2.44. The van der Waals surface area contributed by atoms with Gasteiger partial charge >= 0.3 is 0 Å². The van der Waals surface area contributed by atoms with Crippen molar-refractivity contribution in [3.05, 3.63) is 22.7 Å². The van der Waals surface area contributed by atoms with Crippen molar-refractivity contribution in [2.45, 2.75) is 26.4 Å². The van der Waals surface area contributed by atoms with Crippen molar-refractivity contribution in [1.82, 2.24) is 0 Å². The third kappa shape index (κ3) is 2.50. The van der Waals surface area contributed by atoms with Crippen molar-refractivity contribution >= 4 is 23.0 Å². The van der Waals surface area contributed by atoms with Crippen LogP contribution in [0.15, 0.2) is 12.1 Å². The largest absolute Gasteiger partial charge is 0.398 e. The van der Waals surface area contributed by atoms with Crippen molar-refractivity contribution < 1.29 is 5.11 Å². The zero-order chi connectivity index (χ0) is 12.6. The summed E-state index contributed by atoms with van der Waals surface area (Å²) in [5.41, 5.74) is 8.66. The van der Waals surface area contributed by atoms with E-state index in [1.54, 1.807) is 0 Å². The van der Waals surface area contributed by atoms with Crippen LogP contribution in [0.5, 0.6) is 0 Å². The highest BCUT2D eigenvalue weighted by Crippen LogP contribution is 2.32. The number of aryl methyl sites for hydroxylation is 1. The van der Waals surface area contributed by atoms with Gasteiger partial charge < -0.3 is 15.7 Å². The third-order valence-electron chi connectivity index (χ3n) is 3.52. The highest BCUT2D eigenvalue weighted by molar-refractivity contribution is 6.33. The molecular weight excluding hydrogens is 236 g/mol. The lowest BCUT2D eigenvalue weighted by atomic mass is 9.95. The van der Waals surface area contributed by atoms with Crippen LogP contribution in [0.1, 0.15) is 18.9 Å². The van der Waals surface area contributed by atoms with Gasteiger partial charge in [0.2, 0.25) is 0 Å². The first-order valence-corrected chi connectivity index (χ1v) is 6.35. The fourth-order valence-corrected chi connectivity index (χ4v) is 2.54. The minimum atomic E-state index is -0.184. The number of benzene rings is 1.